The SMILES string of the molecule is CCC(C)(CBr)NS(=O)(=O)c1ccc(Br)cc1F. The van der Waals surface area contributed by atoms with Crippen molar-refractivity contribution in [3.63, 3.8) is 0 Å². The summed E-state index contributed by atoms with van der Waals surface area (Å²) < 4.78 is 40.9. The fourth-order valence-corrected chi connectivity index (χ4v) is 3.86. The molecular formula is C11H14Br2FNO2S. The number of halogens is 3. The molecular weight excluding hydrogens is 389 g/mol. The third kappa shape index (κ3) is 3.76. The van der Waals surface area contributed by atoms with Crippen molar-refractivity contribution in [1.82, 2.24) is 4.72 Å². The van der Waals surface area contributed by atoms with Crippen LogP contribution in [0.3, 0.4) is 0 Å². The van der Waals surface area contributed by atoms with E-state index in [1.807, 2.05) is 6.92 Å². The highest BCUT2D eigenvalue weighted by Crippen LogP contribution is 2.22. The maximum atomic E-state index is 13.7. The molecule has 1 atom stereocenters. The molecule has 1 aromatic rings. The van der Waals surface area contributed by atoms with Crippen LogP contribution in [-0.4, -0.2) is 19.3 Å². The van der Waals surface area contributed by atoms with Crippen LogP contribution in [0.2, 0.25) is 0 Å². The highest BCUT2D eigenvalue weighted by Gasteiger charge is 2.29. The molecule has 0 spiro atoms. The van der Waals surface area contributed by atoms with Gasteiger partial charge in [0.25, 0.3) is 0 Å². The third-order valence-electron chi connectivity index (χ3n) is 2.64. The normalized spacial score (nSPS) is 15.4. The Hall–Kier alpha value is 0.0200. The van der Waals surface area contributed by atoms with Crippen LogP contribution in [0, 0.1) is 5.82 Å². The van der Waals surface area contributed by atoms with Gasteiger partial charge >= 0.3 is 0 Å². The van der Waals surface area contributed by atoms with Crippen molar-refractivity contribution in [2.45, 2.75) is 30.7 Å². The van der Waals surface area contributed by atoms with E-state index in [9.17, 15) is 12.8 Å². The molecule has 0 radical (unpaired) electrons. The number of hydrogen-bond donors (Lipinski definition) is 1. The molecule has 18 heavy (non-hydrogen) atoms. The summed E-state index contributed by atoms with van der Waals surface area (Å²) in [5.41, 5.74) is -0.641. The summed E-state index contributed by atoms with van der Waals surface area (Å²) in [5, 5.41) is 0.452. The molecule has 0 heterocycles. The minimum Gasteiger partial charge on any atom is -0.207 e. The second-order valence-electron chi connectivity index (χ2n) is 4.23. The summed E-state index contributed by atoms with van der Waals surface area (Å²) in [6, 6.07) is 3.87. The fourth-order valence-electron chi connectivity index (χ4n) is 1.27. The van der Waals surface area contributed by atoms with Crippen LogP contribution in [0.5, 0.6) is 0 Å². The van der Waals surface area contributed by atoms with Crippen LogP contribution < -0.4 is 4.72 Å². The highest BCUT2D eigenvalue weighted by atomic mass is 79.9. The van der Waals surface area contributed by atoms with Gasteiger partial charge in [-0.1, -0.05) is 38.8 Å². The molecule has 102 valence electrons. The van der Waals surface area contributed by atoms with E-state index in [0.29, 0.717) is 16.2 Å². The maximum Gasteiger partial charge on any atom is 0.244 e. The average Bonchev–Trinajstić information content (AvgIpc) is 2.27. The fraction of sp³-hybridized carbons (Fsp3) is 0.455. The number of nitrogens with one attached hydrogen (secondary N) is 1. The Labute approximate surface area is 123 Å². The first-order chi connectivity index (χ1) is 8.24. The Morgan fingerprint density at radius 1 is 1.44 bits per heavy atom. The molecule has 1 N–H and O–H groups in total. The molecule has 0 aliphatic heterocycles. The van der Waals surface area contributed by atoms with Gasteiger partial charge < -0.3 is 0 Å². The minimum atomic E-state index is -3.87. The summed E-state index contributed by atoms with van der Waals surface area (Å²) in [7, 11) is -3.87. The van der Waals surface area contributed by atoms with Gasteiger partial charge in [-0.3, -0.25) is 0 Å². The Kier molecular flexibility index (Phi) is 5.34. The molecule has 1 unspecified atom stereocenters. The van der Waals surface area contributed by atoms with E-state index < -0.39 is 21.4 Å². The summed E-state index contributed by atoms with van der Waals surface area (Å²) in [6.45, 7) is 3.62. The second-order valence-corrected chi connectivity index (χ2v) is 7.36. The quantitative estimate of drug-likeness (QED) is 0.767. The molecule has 0 amide bonds. The van der Waals surface area contributed by atoms with E-state index in [1.54, 1.807) is 6.92 Å². The number of benzene rings is 1. The lowest BCUT2D eigenvalue weighted by molar-refractivity contribution is 0.447. The topological polar surface area (TPSA) is 46.2 Å². The molecule has 0 aromatic heterocycles. The molecule has 3 nitrogen and oxygen atoms in total. The molecule has 0 saturated carbocycles. The van der Waals surface area contributed by atoms with E-state index in [4.69, 9.17) is 0 Å². The van der Waals surface area contributed by atoms with E-state index in [-0.39, 0.29) is 4.90 Å². The minimum absolute atomic E-state index is 0.341. The van der Waals surface area contributed by atoms with Gasteiger partial charge in [-0.15, -0.1) is 0 Å². The number of rotatable bonds is 5. The lowest BCUT2D eigenvalue weighted by atomic mass is 10.0. The van der Waals surface area contributed by atoms with Crippen LogP contribution >= 0.6 is 31.9 Å². The Balaban J connectivity index is 3.15. The summed E-state index contributed by atoms with van der Waals surface area (Å²) in [5.74, 6) is -0.773. The lowest BCUT2D eigenvalue weighted by Crippen LogP contribution is -2.46. The van der Waals surface area contributed by atoms with Crippen LogP contribution in [0.1, 0.15) is 20.3 Å². The Morgan fingerprint density at radius 3 is 2.50 bits per heavy atom. The first-order valence-corrected chi connectivity index (χ1v) is 8.69. The van der Waals surface area contributed by atoms with Gasteiger partial charge in [0.05, 0.1) is 0 Å². The molecule has 0 bridgehead atoms. The zero-order chi connectivity index (χ0) is 14.0. The molecule has 1 aromatic carbocycles. The van der Waals surface area contributed by atoms with E-state index in [2.05, 4.69) is 36.6 Å². The van der Waals surface area contributed by atoms with Gasteiger partial charge in [0, 0.05) is 15.3 Å². The van der Waals surface area contributed by atoms with Crippen molar-refractivity contribution >= 4 is 41.9 Å². The monoisotopic (exact) mass is 401 g/mol. The van der Waals surface area contributed by atoms with Crippen molar-refractivity contribution < 1.29 is 12.8 Å². The Morgan fingerprint density at radius 2 is 2.06 bits per heavy atom. The smallest absolute Gasteiger partial charge is 0.207 e. The van der Waals surface area contributed by atoms with Crippen molar-refractivity contribution in [2.75, 3.05) is 5.33 Å². The van der Waals surface area contributed by atoms with Gasteiger partial charge in [0.2, 0.25) is 10.0 Å². The summed E-state index contributed by atoms with van der Waals surface area (Å²) in [6.07, 6.45) is 0.593. The van der Waals surface area contributed by atoms with Crippen molar-refractivity contribution in [3.05, 3.63) is 28.5 Å². The third-order valence-corrected chi connectivity index (χ3v) is 6.04. The van der Waals surface area contributed by atoms with E-state index >= 15 is 0 Å². The predicted molar refractivity (Wildman–Crippen MR) is 76.9 cm³/mol. The standard InChI is InChI=1S/C11H14Br2FNO2S/c1-3-11(2,7-12)15-18(16,17)10-5-4-8(13)6-9(10)14/h4-6,15H,3,7H2,1-2H3. The average molecular weight is 403 g/mol. The van der Waals surface area contributed by atoms with Crippen molar-refractivity contribution in [3.8, 4) is 0 Å². The predicted octanol–water partition coefficient (Wildman–Crippen LogP) is 3.43. The lowest BCUT2D eigenvalue weighted by Gasteiger charge is -2.26. The van der Waals surface area contributed by atoms with E-state index in [0.717, 1.165) is 6.07 Å². The first-order valence-electron chi connectivity index (χ1n) is 5.29. The van der Waals surface area contributed by atoms with E-state index in [1.165, 1.54) is 12.1 Å². The first kappa shape index (κ1) is 16.1. The molecule has 7 heteroatoms. The van der Waals surface area contributed by atoms with Gasteiger partial charge in [-0.2, -0.15) is 0 Å². The van der Waals surface area contributed by atoms with Gasteiger partial charge in [-0.25, -0.2) is 17.5 Å². The largest absolute Gasteiger partial charge is 0.244 e. The van der Waals surface area contributed by atoms with Gasteiger partial charge in [0.1, 0.15) is 10.7 Å². The molecule has 0 aliphatic carbocycles. The molecule has 0 fully saturated rings. The summed E-state index contributed by atoms with van der Waals surface area (Å²) in [4.78, 5) is -0.341. The molecule has 0 saturated heterocycles. The molecule has 1 rings (SSSR count). The second kappa shape index (κ2) is 5.98. The summed E-state index contributed by atoms with van der Waals surface area (Å²) >= 11 is 6.35. The van der Waals surface area contributed by atoms with Crippen LogP contribution in [0.15, 0.2) is 27.6 Å². The van der Waals surface area contributed by atoms with Crippen LogP contribution in [0.4, 0.5) is 4.39 Å². The van der Waals surface area contributed by atoms with Crippen molar-refractivity contribution in [1.29, 1.82) is 0 Å². The van der Waals surface area contributed by atoms with Crippen LogP contribution in [-0.2, 0) is 10.0 Å². The van der Waals surface area contributed by atoms with Gasteiger partial charge in [-0.05, 0) is 31.5 Å². The number of sulfonamides is 1. The maximum absolute atomic E-state index is 13.7. The number of hydrogen-bond acceptors (Lipinski definition) is 2. The zero-order valence-electron chi connectivity index (χ0n) is 10.0. The van der Waals surface area contributed by atoms with Gasteiger partial charge in [0.15, 0.2) is 0 Å². The van der Waals surface area contributed by atoms with Crippen LogP contribution in [0.25, 0.3) is 0 Å². The highest BCUT2D eigenvalue weighted by molar-refractivity contribution is 9.10. The number of alkyl halides is 1. The Bertz CT molecular complexity index is 530. The zero-order valence-corrected chi connectivity index (χ0v) is 14.0. The molecule has 0 aliphatic rings. The van der Waals surface area contributed by atoms with Crippen molar-refractivity contribution in [2.24, 2.45) is 0 Å².